The average molecular weight is 292 g/mol. The fourth-order valence-electron chi connectivity index (χ4n) is 4.99. The van der Waals surface area contributed by atoms with Crippen molar-refractivity contribution in [2.24, 2.45) is 22.7 Å². The second kappa shape index (κ2) is 5.40. The number of carbonyl (C=O) groups is 2. The molecule has 1 heterocycles. The topological polar surface area (TPSA) is 43.4 Å². The lowest BCUT2D eigenvalue weighted by Crippen LogP contribution is -2.37. The average Bonchev–Trinajstić information content (AvgIpc) is 2.90. The van der Waals surface area contributed by atoms with Crippen LogP contribution < -0.4 is 0 Å². The van der Waals surface area contributed by atoms with Crippen LogP contribution in [0.25, 0.3) is 0 Å². The van der Waals surface area contributed by atoms with Crippen molar-refractivity contribution < 1.29 is 14.3 Å². The number of ether oxygens (including phenoxy) is 1. The Morgan fingerprint density at radius 3 is 2.00 bits per heavy atom. The van der Waals surface area contributed by atoms with Gasteiger partial charge in [0, 0.05) is 0 Å². The molecule has 2 bridgehead atoms. The van der Waals surface area contributed by atoms with Crippen molar-refractivity contribution in [1.29, 1.82) is 0 Å². The predicted octanol–water partition coefficient (Wildman–Crippen LogP) is 4.24. The van der Waals surface area contributed by atoms with Gasteiger partial charge >= 0.3 is 11.9 Å². The molecule has 0 amide bonds. The molecule has 3 atom stereocenters. The Morgan fingerprint density at radius 2 is 1.33 bits per heavy atom. The van der Waals surface area contributed by atoms with Crippen LogP contribution >= 0.6 is 0 Å². The third-order valence-corrected chi connectivity index (χ3v) is 6.93. The lowest BCUT2D eigenvalue weighted by molar-refractivity contribution is -0.172. The van der Waals surface area contributed by atoms with E-state index in [2.05, 4.69) is 13.8 Å². The first-order chi connectivity index (χ1) is 9.94. The lowest BCUT2D eigenvalue weighted by atomic mass is 9.60. The first-order valence-electron chi connectivity index (χ1n) is 8.69. The van der Waals surface area contributed by atoms with E-state index < -0.39 is 0 Å². The molecule has 3 nitrogen and oxygen atoms in total. The Kier molecular flexibility index (Phi) is 3.87. The molecule has 0 N–H and O–H groups in total. The summed E-state index contributed by atoms with van der Waals surface area (Å²) in [5.41, 5.74) is 0.726. The first-order valence-corrected chi connectivity index (χ1v) is 8.69. The third-order valence-electron chi connectivity index (χ3n) is 6.93. The Hall–Kier alpha value is -0.860. The van der Waals surface area contributed by atoms with Crippen LogP contribution in [0.15, 0.2) is 0 Å². The van der Waals surface area contributed by atoms with Gasteiger partial charge in [-0.25, -0.2) is 0 Å². The zero-order valence-corrected chi connectivity index (χ0v) is 13.5. The van der Waals surface area contributed by atoms with E-state index in [1.807, 2.05) is 0 Å². The number of esters is 2. The van der Waals surface area contributed by atoms with Crippen LogP contribution in [0.4, 0.5) is 0 Å². The second-order valence-electron chi connectivity index (χ2n) is 8.13. The molecule has 0 aromatic rings. The number of carbonyl (C=O) groups excluding carboxylic acids is 2. The van der Waals surface area contributed by atoms with Crippen molar-refractivity contribution in [3.63, 3.8) is 0 Å². The molecular weight excluding hydrogens is 264 g/mol. The summed E-state index contributed by atoms with van der Waals surface area (Å²) in [6.07, 6.45) is 11.2. The van der Waals surface area contributed by atoms with E-state index in [1.54, 1.807) is 0 Å². The van der Waals surface area contributed by atoms with E-state index in [-0.39, 0.29) is 23.8 Å². The third kappa shape index (κ3) is 2.64. The van der Waals surface area contributed by atoms with Gasteiger partial charge in [-0.15, -0.1) is 0 Å². The van der Waals surface area contributed by atoms with E-state index in [0.29, 0.717) is 10.8 Å². The van der Waals surface area contributed by atoms with Gasteiger partial charge in [0.25, 0.3) is 0 Å². The van der Waals surface area contributed by atoms with Crippen LogP contribution in [0.3, 0.4) is 0 Å². The molecule has 0 aromatic heterocycles. The summed E-state index contributed by atoms with van der Waals surface area (Å²) in [5, 5.41) is 0. The van der Waals surface area contributed by atoms with Gasteiger partial charge in [0.1, 0.15) is 0 Å². The molecule has 21 heavy (non-hydrogen) atoms. The van der Waals surface area contributed by atoms with Crippen molar-refractivity contribution in [1.82, 2.24) is 0 Å². The smallest absolute Gasteiger partial charge is 0.316 e. The first kappa shape index (κ1) is 15.1. The van der Waals surface area contributed by atoms with Crippen molar-refractivity contribution in [2.45, 2.75) is 78.1 Å². The van der Waals surface area contributed by atoms with Crippen LogP contribution in [0.1, 0.15) is 78.1 Å². The highest BCUT2D eigenvalue weighted by atomic mass is 16.6. The lowest BCUT2D eigenvalue weighted by Gasteiger charge is -2.45. The summed E-state index contributed by atoms with van der Waals surface area (Å²) < 4.78 is 4.99. The molecule has 3 heteroatoms. The van der Waals surface area contributed by atoms with Crippen LogP contribution in [-0.2, 0) is 14.3 Å². The zero-order chi connectivity index (χ0) is 15.1. The van der Waals surface area contributed by atoms with Gasteiger partial charge in [0.05, 0.1) is 11.8 Å². The van der Waals surface area contributed by atoms with Crippen molar-refractivity contribution >= 4 is 11.9 Å². The normalized spacial score (nSPS) is 40.1. The minimum absolute atomic E-state index is 0.0357. The number of fused-ring (bicyclic) bond motifs is 2. The van der Waals surface area contributed by atoms with Gasteiger partial charge in [-0.05, 0) is 55.8 Å². The standard InChI is InChI=1S/C18H28O3/c1-17(8-3-4-9-17)18(2)10-5-6-13-12-14(7-11-18)16(20)21-15(13)19/h13-14H,3-12H2,1-2H3. The Bertz CT molecular complexity index is 436. The Balaban J connectivity index is 1.80. The Morgan fingerprint density at radius 1 is 0.810 bits per heavy atom. The number of cyclic esters (lactones) is 2. The van der Waals surface area contributed by atoms with E-state index >= 15 is 0 Å². The molecule has 1 saturated heterocycles. The highest BCUT2D eigenvalue weighted by Gasteiger charge is 2.47. The van der Waals surface area contributed by atoms with Gasteiger partial charge in [-0.1, -0.05) is 33.1 Å². The minimum Gasteiger partial charge on any atom is -0.393 e. The predicted molar refractivity (Wildman–Crippen MR) is 80.5 cm³/mol. The molecule has 2 aliphatic carbocycles. The van der Waals surface area contributed by atoms with E-state index in [9.17, 15) is 9.59 Å². The molecular formula is C18H28O3. The van der Waals surface area contributed by atoms with Gasteiger partial charge in [0.2, 0.25) is 0 Å². The maximum absolute atomic E-state index is 12.0. The van der Waals surface area contributed by atoms with Crippen LogP contribution in [0, 0.1) is 22.7 Å². The Labute approximate surface area is 127 Å². The van der Waals surface area contributed by atoms with E-state index in [4.69, 9.17) is 4.74 Å². The van der Waals surface area contributed by atoms with Crippen LogP contribution in [0.2, 0.25) is 0 Å². The fraction of sp³-hybridized carbons (Fsp3) is 0.889. The van der Waals surface area contributed by atoms with Gasteiger partial charge in [-0.2, -0.15) is 0 Å². The molecule has 0 aromatic carbocycles. The molecule has 0 radical (unpaired) electrons. The van der Waals surface area contributed by atoms with E-state index in [0.717, 1.165) is 32.1 Å². The van der Waals surface area contributed by atoms with Gasteiger partial charge < -0.3 is 4.74 Å². The summed E-state index contributed by atoms with van der Waals surface area (Å²) in [4.78, 5) is 23.8. The molecule has 0 spiro atoms. The van der Waals surface area contributed by atoms with Crippen LogP contribution in [-0.4, -0.2) is 11.9 Å². The summed E-state index contributed by atoms with van der Waals surface area (Å²) in [5.74, 6) is -0.620. The van der Waals surface area contributed by atoms with E-state index in [1.165, 1.54) is 32.1 Å². The summed E-state index contributed by atoms with van der Waals surface area (Å²) in [6, 6.07) is 0. The maximum Gasteiger partial charge on any atom is 0.316 e. The molecule has 118 valence electrons. The molecule has 1 aliphatic heterocycles. The minimum atomic E-state index is -0.271. The van der Waals surface area contributed by atoms with Gasteiger partial charge in [-0.3, -0.25) is 9.59 Å². The summed E-state index contributed by atoms with van der Waals surface area (Å²) in [6.45, 7) is 4.88. The highest BCUT2D eigenvalue weighted by molar-refractivity contribution is 5.90. The maximum atomic E-state index is 12.0. The monoisotopic (exact) mass is 292 g/mol. The summed E-state index contributed by atoms with van der Waals surface area (Å²) in [7, 11) is 0. The van der Waals surface area contributed by atoms with Gasteiger partial charge in [0.15, 0.2) is 0 Å². The van der Waals surface area contributed by atoms with Crippen molar-refractivity contribution in [2.75, 3.05) is 0 Å². The molecule has 3 unspecified atom stereocenters. The second-order valence-corrected chi connectivity index (χ2v) is 8.13. The zero-order valence-electron chi connectivity index (χ0n) is 13.5. The molecule has 3 fully saturated rings. The molecule has 3 rings (SSSR count). The summed E-state index contributed by atoms with van der Waals surface area (Å²) >= 11 is 0. The van der Waals surface area contributed by atoms with Crippen molar-refractivity contribution in [3.8, 4) is 0 Å². The largest absolute Gasteiger partial charge is 0.393 e. The van der Waals surface area contributed by atoms with Crippen molar-refractivity contribution in [3.05, 3.63) is 0 Å². The van der Waals surface area contributed by atoms with Crippen LogP contribution in [0.5, 0.6) is 0 Å². The SMILES string of the molecule is CC1(C2(C)CCCC3CC(CC2)C(=O)OC3=O)CCCC1. The highest BCUT2D eigenvalue weighted by Crippen LogP contribution is 2.56. The quantitative estimate of drug-likeness (QED) is 0.536. The number of hydrogen-bond donors (Lipinski definition) is 0. The molecule has 2 saturated carbocycles. The molecule has 3 aliphatic rings. The number of rotatable bonds is 1. The number of hydrogen-bond acceptors (Lipinski definition) is 3. The fourth-order valence-corrected chi connectivity index (χ4v) is 4.99.